The standard InChI is InChI=1S/C24H19FN2O2/c1-16-11-18(12-17(2)24(16)29-15-20-7-5-6-10-27-20)13-19(14-26)23(28)21-8-3-4-9-22(21)25/h3-13H,15H2,1-2H3/b19-13+. The van der Waals surface area contributed by atoms with Crippen molar-refractivity contribution >= 4 is 11.9 Å². The number of hydrogen-bond acceptors (Lipinski definition) is 4. The van der Waals surface area contributed by atoms with Crippen LogP contribution in [0.1, 0.15) is 32.7 Å². The number of allylic oxidation sites excluding steroid dienone is 1. The van der Waals surface area contributed by atoms with Gasteiger partial charge in [-0.3, -0.25) is 9.78 Å². The van der Waals surface area contributed by atoms with E-state index in [4.69, 9.17) is 4.74 Å². The first-order valence-corrected chi connectivity index (χ1v) is 9.04. The maximum Gasteiger partial charge on any atom is 0.206 e. The molecule has 3 rings (SSSR count). The molecule has 0 atom stereocenters. The first-order valence-electron chi connectivity index (χ1n) is 9.04. The fourth-order valence-electron chi connectivity index (χ4n) is 3.03. The maximum absolute atomic E-state index is 13.9. The van der Waals surface area contributed by atoms with Crippen molar-refractivity contribution in [3.05, 3.63) is 100 Å². The molecule has 3 aromatic rings. The summed E-state index contributed by atoms with van der Waals surface area (Å²) in [7, 11) is 0. The topological polar surface area (TPSA) is 63.0 Å². The van der Waals surface area contributed by atoms with E-state index in [9.17, 15) is 14.4 Å². The molecule has 0 fully saturated rings. The van der Waals surface area contributed by atoms with Gasteiger partial charge in [0.25, 0.3) is 0 Å². The van der Waals surface area contributed by atoms with Crippen LogP contribution in [0.25, 0.3) is 6.08 Å². The van der Waals surface area contributed by atoms with Crippen LogP contribution < -0.4 is 4.74 Å². The minimum atomic E-state index is -0.649. The lowest BCUT2D eigenvalue weighted by molar-refractivity contribution is 0.103. The molecule has 2 aromatic carbocycles. The van der Waals surface area contributed by atoms with Crippen LogP contribution in [0.15, 0.2) is 66.4 Å². The fraction of sp³-hybridized carbons (Fsp3) is 0.125. The molecule has 0 aliphatic carbocycles. The monoisotopic (exact) mass is 386 g/mol. The first kappa shape index (κ1) is 20.0. The van der Waals surface area contributed by atoms with E-state index >= 15 is 0 Å². The maximum atomic E-state index is 13.9. The highest BCUT2D eigenvalue weighted by molar-refractivity contribution is 6.14. The van der Waals surface area contributed by atoms with Crippen LogP contribution in [0.5, 0.6) is 5.75 Å². The molecule has 0 unspecified atom stereocenters. The number of Topliss-reactive ketones (excluding diaryl/α,β-unsaturated/α-hetero) is 1. The number of carbonyl (C=O) groups excluding carboxylic acids is 1. The van der Waals surface area contributed by atoms with Crippen molar-refractivity contribution in [1.29, 1.82) is 5.26 Å². The van der Waals surface area contributed by atoms with E-state index in [1.807, 2.05) is 50.2 Å². The first-order chi connectivity index (χ1) is 14.0. The summed E-state index contributed by atoms with van der Waals surface area (Å²) in [5.41, 5.74) is 2.97. The van der Waals surface area contributed by atoms with Gasteiger partial charge in [0.1, 0.15) is 29.8 Å². The lowest BCUT2D eigenvalue weighted by Gasteiger charge is -2.13. The molecule has 144 valence electrons. The Morgan fingerprint density at radius 1 is 1.14 bits per heavy atom. The Kier molecular flexibility index (Phi) is 6.16. The number of ether oxygens (including phenoxy) is 1. The molecule has 0 bridgehead atoms. The van der Waals surface area contributed by atoms with E-state index in [1.54, 1.807) is 12.3 Å². The van der Waals surface area contributed by atoms with Crippen LogP contribution in [0, 0.1) is 31.0 Å². The Morgan fingerprint density at radius 3 is 2.45 bits per heavy atom. The van der Waals surface area contributed by atoms with Crippen molar-refractivity contribution < 1.29 is 13.9 Å². The molecule has 0 saturated heterocycles. The Hall–Kier alpha value is -3.78. The molecule has 1 heterocycles. The number of ketones is 1. The third kappa shape index (κ3) is 4.74. The normalized spacial score (nSPS) is 11.0. The zero-order chi connectivity index (χ0) is 20.8. The third-order valence-corrected chi connectivity index (χ3v) is 4.37. The minimum absolute atomic E-state index is 0.121. The summed E-state index contributed by atoms with van der Waals surface area (Å²) < 4.78 is 19.8. The quantitative estimate of drug-likeness (QED) is 0.332. The molecule has 29 heavy (non-hydrogen) atoms. The number of nitriles is 1. The molecule has 0 aliphatic rings. The Morgan fingerprint density at radius 2 is 1.83 bits per heavy atom. The molecular weight excluding hydrogens is 367 g/mol. The van der Waals surface area contributed by atoms with Gasteiger partial charge >= 0.3 is 0 Å². The van der Waals surface area contributed by atoms with Gasteiger partial charge in [0, 0.05) is 6.20 Å². The SMILES string of the molecule is Cc1cc(/C=C(\C#N)C(=O)c2ccccc2F)cc(C)c1OCc1ccccn1. The number of nitrogens with zero attached hydrogens (tertiary/aromatic N) is 2. The van der Waals surface area contributed by atoms with Gasteiger partial charge in [-0.2, -0.15) is 5.26 Å². The number of pyridine rings is 1. The summed E-state index contributed by atoms with van der Waals surface area (Å²) in [5.74, 6) is -0.563. The average Bonchev–Trinajstić information content (AvgIpc) is 2.72. The van der Waals surface area contributed by atoms with Crippen molar-refractivity contribution in [2.45, 2.75) is 20.5 Å². The van der Waals surface area contributed by atoms with Crippen LogP contribution in [0.2, 0.25) is 0 Å². The van der Waals surface area contributed by atoms with Gasteiger partial charge in [0.05, 0.1) is 11.3 Å². The second-order valence-electron chi connectivity index (χ2n) is 6.57. The highest BCUT2D eigenvalue weighted by Gasteiger charge is 2.16. The van der Waals surface area contributed by atoms with Gasteiger partial charge in [-0.05, 0) is 73.0 Å². The van der Waals surface area contributed by atoms with Gasteiger partial charge in [0.15, 0.2) is 0 Å². The molecule has 0 aliphatic heterocycles. The van der Waals surface area contributed by atoms with Gasteiger partial charge < -0.3 is 4.74 Å². The fourth-order valence-corrected chi connectivity index (χ4v) is 3.03. The Balaban J connectivity index is 1.86. The van der Waals surface area contributed by atoms with E-state index in [0.717, 1.165) is 22.6 Å². The molecule has 0 N–H and O–H groups in total. The van der Waals surface area contributed by atoms with Gasteiger partial charge in [-0.25, -0.2) is 4.39 Å². The summed E-state index contributed by atoms with van der Waals surface area (Å²) in [4.78, 5) is 16.8. The summed E-state index contributed by atoms with van der Waals surface area (Å²) in [6.07, 6.45) is 3.18. The van der Waals surface area contributed by atoms with E-state index in [2.05, 4.69) is 4.98 Å². The predicted molar refractivity (Wildman–Crippen MR) is 109 cm³/mol. The van der Waals surface area contributed by atoms with Crippen molar-refractivity contribution in [2.24, 2.45) is 0 Å². The predicted octanol–water partition coefficient (Wildman–Crippen LogP) is 5.21. The Labute approximate surface area is 168 Å². The number of halogens is 1. The van der Waals surface area contributed by atoms with Crippen LogP contribution in [-0.2, 0) is 6.61 Å². The van der Waals surface area contributed by atoms with Gasteiger partial charge in [-0.1, -0.05) is 18.2 Å². The average molecular weight is 386 g/mol. The number of carbonyl (C=O) groups is 1. The smallest absolute Gasteiger partial charge is 0.206 e. The van der Waals surface area contributed by atoms with Gasteiger partial charge in [0.2, 0.25) is 5.78 Å². The molecule has 5 heteroatoms. The minimum Gasteiger partial charge on any atom is -0.487 e. The van der Waals surface area contributed by atoms with E-state index in [1.165, 1.54) is 24.3 Å². The molecule has 4 nitrogen and oxygen atoms in total. The van der Waals surface area contributed by atoms with Gasteiger partial charge in [-0.15, -0.1) is 0 Å². The number of rotatable bonds is 6. The Bertz CT molecular complexity index is 1090. The second kappa shape index (κ2) is 8.94. The summed E-state index contributed by atoms with van der Waals surface area (Å²) >= 11 is 0. The van der Waals surface area contributed by atoms with Crippen LogP contribution in [0.3, 0.4) is 0 Å². The molecule has 0 radical (unpaired) electrons. The van der Waals surface area contributed by atoms with Crippen molar-refractivity contribution in [3.63, 3.8) is 0 Å². The lowest BCUT2D eigenvalue weighted by Crippen LogP contribution is -2.05. The van der Waals surface area contributed by atoms with Crippen LogP contribution in [-0.4, -0.2) is 10.8 Å². The van der Waals surface area contributed by atoms with E-state index in [-0.39, 0.29) is 11.1 Å². The zero-order valence-electron chi connectivity index (χ0n) is 16.1. The summed E-state index contributed by atoms with van der Waals surface area (Å²) in [5, 5.41) is 9.42. The number of benzene rings is 2. The highest BCUT2D eigenvalue weighted by Crippen LogP contribution is 2.27. The van der Waals surface area contributed by atoms with Crippen LogP contribution >= 0.6 is 0 Å². The summed E-state index contributed by atoms with van der Waals surface area (Å²) in [6.45, 7) is 4.12. The summed E-state index contributed by atoms with van der Waals surface area (Å²) in [6, 6.07) is 16.8. The highest BCUT2D eigenvalue weighted by atomic mass is 19.1. The van der Waals surface area contributed by atoms with E-state index in [0.29, 0.717) is 12.2 Å². The van der Waals surface area contributed by atoms with Crippen molar-refractivity contribution in [2.75, 3.05) is 0 Å². The number of aryl methyl sites for hydroxylation is 2. The largest absolute Gasteiger partial charge is 0.487 e. The number of aromatic nitrogens is 1. The molecule has 0 spiro atoms. The van der Waals surface area contributed by atoms with E-state index < -0.39 is 11.6 Å². The van der Waals surface area contributed by atoms with Crippen molar-refractivity contribution in [1.82, 2.24) is 4.98 Å². The molecule has 1 aromatic heterocycles. The second-order valence-corrected chi connectivity index (χ2v) is 6.57. The van der Waals surface area contributed by atoms with Crippen LogP contribution in [0.4, 0.5) is 4.39 Å². The number of hydrogen-bond donors (Lipinski definition) is 0. The zero-order valence-corrected chi connectivity index (χ0v) is 16.1. The third-order valence-electron chi connectivity index (χ3n) is 4.37. The lowest BCUT2D eigenvalue weighted by atomic mass is 9.99. The molecular formula is C24H19FN2O2. The molecule has 0 amide bonds. The molecule has 0 saturated carbocycles. The van der Waals surface area contributed by atoms with Crippen molar-refractivity contribution in [3.8, 4) is 11.8 Å².